The average molecular weight is 297 g/mol. The SMILES string of the molecule is CCOC(=O)C1(C(=O)Nc2cc(F)cc(F)c2)C=CCO1. The number of carbonyl (C=O) groups excluding carboxylic acids is 2. The molecule has 0 radical (unpaired) electrons. The molecular weight excluding hydrogens is 284 g/mol. The number of esters is 1. The van der Waals surface area contributed by atoms with E-state index in [2.05, 4.69) is 5.32 Å². The van der Waals surface area contributed by atoms with Crippen molar-refractivity contribution < 1.29 is 27.8 Å². The predicted octanol–water partition coefficient (Wildman–Crippen LogP) is 1.79. The van der Waals surface area contributed by atoms with Gasteiger partial charge < -0.3 is 14.8 Å². The summed E-state index contributed by atoms with van der Waals surface area (Å²) >= 11 is 0. The summed E-state index contributed by atoms with van der Waals surface area (Å²) in [5.74, 6) is -3.45. The van der Waals surface area contributed by atoms with Crippen molar-refractivity contribution in [3.8, 4) is 0 Å². The van der Waals surface area contributed by atoms with Gasteiger partial charge in [-0.1, -0.05) is 6.08 Å². The smallest absolute Gasteiger partial charge is 0.352 e. The van der Waals surface area contributed by atoms with Crippen molar-refractivity contribution in [1.82, 2.24) is 0 Å². The van der Waals surface area contributed by atoms with Crippen LogP contribution in [0.15, 0.2) is 30.4 Å². The molecule has 1 aliphatic heterocycles. The zero-order chi connectivity index (χ0) is 15.5. The number of halogens is 2. The third-order valence-corrected chi connectivity index (χ3v) is 2.80. The number of carbonyl (C=O) groups is 2. The third kappa shape index (κ3) is 3.08. The van der Waals surface area contributed by atoms with Gasteiger partial charge in [-0.2, -0.15) is 0 Å². The Balaban J connectivity index is 2.24. The number of amides is 1. The summed E-state index contributed by atoms with van der Waals surface area (Å²) in [6.07, 6.45) is 2.75. The summed E-state index contributed by atoms with van der Waals surface area (Å²) in [6.45, 7) is 1.72. The molecule has 0 fully saturated rings. The summed E-state index contributed by atoms with van der Waals surface area (Å²) in [5.41, 5.74) is -2.05. The average Bonchev–Trinajstić information content (AvgIpc) is 2.88. The van der Waals surface area contributed by atoms with Gasteiger partial charge >= 0.3 is 5.97 Å². The number of rotatable bonds is 4. The second kappa shape index (κ2) is 6.01. The van der Waals surface area contributed by atoms with Crippen molar-refractivity contribution in [2.75, 3.05) is 18.5 Å². The van der Waals surface area contributed by atoms with Crippen molar-refractivity contribution in [2.45, 2.75) is 12.5 Å². The zero-order valence-electron chi connectivity index (χ0n) is 11.2. The Hall–Kier alpha value is -2.28. The zero-order valence-corrected chi connectivity index (χ0v) is 11.2. The van der Waals surface area contributed by atoms with E-state index in [1.54, 1.807) is 6.92 Å². The Bertz CT molecular complexity index is 582. The molecule has 0 aromatic heterocycles. The molecule has 0 spiro atoms. The Labute approximate surface area is 119 Å². The van der Waals surface area contributed by atoms with E-state index in [0.717, 1.165) is 12.1 Å². The summed E-state index contributed by atoms with van der Waals surface area (Å²) < 4.78 is 36.2. The van der Waals surface area contributed by atoms with Crippen LogP contribution in [0.5, 0.6) is 0 Å². The molecule has 1 heterocycles. The maximum Gasteiger partial charge on any atom is 0.352 e. The van der Waals surface area contributed by atoms with Gasteiger partial charge in [0.2, 0.25) is 0 Å². The molecule has 0 saturated carbocycles. The number of hydrogen-bond acceptors (Lipinski definition) is 4. The largest absolute Gasteiger partial charge is 0.463 e. The Kier molecular flexibility index (Phi) is 4.32. The quantitative estimate of drug-likeness (QED) is 0.523. The summed E-state index contributed by atoms with van der Waals surface area (Å²) in [6, 6.07) is 2.53. The first-order chi connectivity index (χ1) is 9.98. The standard InChI is InChI=1S/C14H13F2NO4/c1-2-20-13(19)14(4-3-5-21-14)12(18)17-11-7-9(15)6-10(16)8-11/h3-4,6-8H,2,5H2,1H3,(H,17,18). The highest BCUT2D eigenvalue weighted by Gasteiger charge is 2.48. The molecule has 1 aromatic carbocycles. The summed E-state index contributed by atoms with van der Waals surface area (Å²) in [4.78, 5) is 24.2. The van der Waals surface area contributed by atoms with Crippen LogP contribution < -0.4 is 5.32 Å². The molecule has 1 aliphatic rings. The molecule has 1 amide bonds. The summed E-state index contributed by atoms with van der Waals surface area (Å²) in [7, 11) is 0. The molecule has 1 N–H and O–H groups in total. The number of hydrogen-bond donors (Lipinski definition) is 1. The van der Waals surface area contributed by atoms with E-state index in [9.17, 15) is 18.4 Å². The van der Waals surface area contributed by atoms with Gasteiger partial charge in [0.05, 0.1) is 13.2 Å². The maximum atomic E-state index is 13.1. The van der Waals surface area contributed by atoms with Crippen LogP contribution in [0.3, 0.4) is 0 Å². The minimum Gasteiger partial charge on any atom is -0.463 e. The highest BCUT2D eigenvalue weighted by Crippen LogP contribution is 2.24. The molecule has 0 saturated heterocycles. The predicted molar refractivity (Wildman–Crippen MR) is 69.4 cm³/mol. The van der Waals surface area contributed by atoms with E-state index >= 15 is 0 Å². The van der Waals surface area contributed by atoms with Crippen LogP contribution in [0.25, 0.3) is 0 Å². The summed E-state index contributed by atoms with van der Waals surface area (Å²) in [5, 5.41) is 2.25. The maximum absolute atomic E-state index is 13.1. The second-order valence-electron chi connectivity index (χ2n) is 4.28. The Morgan fingerprint density at radius 3 is 2.52 bits per heavy atom. The Morgan fingerprint density at radius 1 is 1.33 bits per heavy atom. The van der Waals surface area contributed by atoms with E-state index in [0.29, 0.717) is 6.07 Å². The fraction of sp³-hybridized carbons (Fsp3) is 0.286. The van der Waals surface area contributed by atoms with Gasteiger partial charge in [0.15, 0.2) is 0 Å². The van der Waals surface area contributed by atoms with E-state index in [-0.39, 0.29) is 18.9 Å². The van der Waals surface area contributed by atoms with Crippen LogP contribution in [0.2, 0.25) is 0 Å². The van der Waals surface area contributed by atoms with Crippen molar-refractivity contribution >= 4 is 17.6 Å². The normalized spacial score (nSPS) is 20.3. The van der Waals surface area contributed by atoms with Crippen molar-refractivity contribution in [3.63, 3.8) is 0 Å². The lowest BCUT2D eigenvalue weighted by Crippen LogP contribution is -2.49. The van der Waals surface area contributed by atoms with Gasteiger partial charge in [0.25, 0.3) is 11.5 Å². The minimum absolute atomic E-state index is 0.0593. The molecule has 1 atom stereocenters. The molecule has 1 unspecified atom stereocenters. The molecule has 112 valence electrons. The molecule has 7 heteroatoms. The lowest BCUT2D eigenvalue weighted by molar-refractivity contribution is -0.166. The van der Waals surface area contributed by atoms with E-state index in [1.165, 1.54) is 12.2 Å². The fourth-order valence-corrected chi connectivity index (χ4v) is 1.89. The lowest BCUT2D eigenvalue weighted by Gasteiger charge is -2.23. The van der Waals surface area contributed by atoms with Gasteiger partial charge in [-0.3, -0.25) is 4.79 Å². The topological polar surface area (TPSA) is 64.6 Å². The molecule has 1 aromatic rings. The minimum atomic E-state index is -1.93. The van der Waals surface area contributed by atoms with Crippen molar-refractivity contribution in [1.29, 1.82) is 0 Å². The van der Waals surface area contributed by atoms with Crippen LogP contribution in [0.1, 0.15) is 6.92 Å². The van der Waals surface area contributed by atoms with Crippen LogP contribution in [-0.2, 0) is 19.1 Å². The number of benzene rings is 1. The van der Waals surface area contributed by atoms with Crippen LogP contribution >= 0.6 is 0 Å². The first kappa shape index (κ1) is 15.1. The van der Waals surface area contributed by atoms with E-state index < -0.39 is 29.1 Å². The molecule has 0 bridgehead atoms. The highest BCUT2D eigenvalue weighted by atomic mass is 19.1. The van der Waals surface area contributed by atoms with Crippen LogP contribution in [0, 0.1) is 11.6 Å². The van der Waals surface area contributed by atoms with Crippen molar-refractivity contribution in [3.05, 3.63) is 42.0 Å². The van der Waals surface area contributed by atoms with Gasteiger partial charge in [-0.25, -0.2) is 13.6 Å². The third-order valence-electron chi connectivity index (χ3n) is 2.80. The monoisotopic (exact) mass is 297 g/mol. The van der Waals surface area contributed by atoms with Gasteiger partial charge in [0.1, 0.15) is 11.6 Å². The van der Waals surface area contributed by atoms with E-state index in [1.807, 2.05) is 0 Å². The van der Waals surface area contributed by atoms with E-state index in [4.69, 9.17) is 9.47 Å². The van der Waals surface area contributed by atoms with Gasteiger partial charge in [-0.15, -0.1) is 0 Å². The second-order valence-corrected chi connectivity index (χ2v) is 4.28. The first-order valence-corrected chi connectivity index (χ1v) is 6.24. The highest BCUT2D eigenvalue weighted by molar-refractivity contribution is 6.14. The molecule has 5 nitrogen and oxygen atoms in total. The van der Waals surface area contributed by atoms with Gasteiger partial charge in [0, 0.05) is 11.8 Å². The number of ether oxygens (including phenoxy) is 2. The molecular formula is C14H13F2NO4. The Morgan fingerprint density at radius 2 is 2.00 bits per heavy atom. The van der Waals surface area contributed by atoms with Crippen LogP contribution in [0.4, 0.5) is 14.5 Å². The lowest BCUT2D eigenvalue weighted by atomic mass is 10.0. The number of anilines is 1. The number of nitrogens with one attached hydrogen (secondary N) is 1. The van der Waals surface area contributed by atoms with Crippen LogP contribution in [-0.4, -0.2) is 30.7 Å². The fourth-order valence-electron chi connectivity index (χ4n) is 1.89. The first-order valence-electron chi connectivity index (χ1n) is 6.24. The molecule has 21 heavy (non-hydrogen) atoms. The van der Waals surface area contributed by atoms with Gasteiger partial charge in [-0.05, 0) is 25.1 Å². The van der Waals surface area contributed by atoms with Crippen molar-refractivity contribution in [2.24, 2.45) is 0 Å². The molecule has 0 aliphatic carbocycles. The molecule has 2 rings (SSSR count).